The van der Waals surface area contributed by atoms with Crippen LogP contribution in [0.4, 0.5) is 0 Å². The zero-order chi connectivity index (χ0) is 19.2. The van der Waals surface area contributed by atoms with E-state index in [-0.39, 0.29) is 18.6 Å². The minimum atomic E-state index is -0.176. The predicted molar refractivity (Wildman–Crippen MR) is 111 cm³/mol. The van der Waals surface area contributed by atoms with Gasteiger partial charge in [-0.05, 0) is 64.3 Å². The van der Waals surface area contributed by atoms with Gasteiger partial charge in [0.05, 0.1) is 10.6 Å². The number of benzene rings is 3. The Hall–Kier alpha value is -2.53. The van der Waals surface area contributed by atoms with Crippen molar-refractivity contribution in [3.63, 3.8) is 0 Å². The fourth-order valence-electron chi connectivity index (χ4n) is 2.72. The number of nitrogens with one attached hydrogen (secondary N) is 1. The third kappa shape index (κ3) is 5.23. The molecule has 0 heterocycles. The molecule has 1 amide bonds. The van der Waals surface area contributed by atoms with Crippen molar-refractivity contribution in [2.24, 2.45) is 0 Å². The second-order valence-corrected chi connectivity index (χ2v) is 7.27. The van der Waals surface area contributed by atoms with Gasteiger partial charge in [0.2, 0.25) is 0 Å². The zero-order valence-electron chi connectivity index (χ0n) is 15.4. The third-order valence-corrected chi connectivity index (χ3v) is 4.76. The van der Waals surface area contributed by atoms with Crippen LogP contribution in [0.2, 0.25) is 0 Å². The van der Waals surface area contributed by atoms with Crippen molar-refractivity contribution in [2.75, 3.05) is 6.61 Å². The number of rotatable bonds is 7. The topological polar surface area (TPSA) is 47.6 Å². The summed E-state index contributed by atoms with van der Waals surface area (Å²) in [5.41, 5.74) is 0.980. The smallest absolute Gasteiger partial charge is 0.258 e. The molecule has 0 aliphatic rings. The summed E-state index contributed by atoms with van der Waals surface area (Å²) < 4.78 is 12.2. The van der Waals surface area contributed by atoms with Gasteiger partial charge < -0.3 is 14.8 Å². The second kappa shape index (κ2) is 8.91. The van der Waals surface area contributed by atoms with Gasteiger partial charge >= 0.3 is 0 Å². The van der Waals surface area contributed by atoms with Crippen molar-refractivity contribution < 1.29 is 14.3 Å². The summed E-state index contributed by atoms with van der Waals surface area (Å²) in [5, 5.41) is 5.04. The molecule has 5 heteroatoms. The Morgan fingerprint density at radius 2 is 1.89 bits per heavy atom. The van der Waals surface area contributed by atoms with Crippen molar-refractivity contribution in [1.29, 1.82) is 0 Å². The number of halogens is 1. The molecule has 3 aromatic carbocycles. The van der Waals surface area contributed by atoms with Crippen LogP contribution in [-0.4, -0.2) is 18.6 Å². The number of ether oxygens (including phenoxy) is 2. The molecule has 0 saturated heterocycles. The molecular formula is C22H22BrNO3. The van der Waals surface area contributed by atoms with Gasteiger partial charge in [-0.15, -0.1) is 0 Å². The van der Waals surface area contributed by atoms with Crippen molar-refractivity contribution in [3.05, 3.63) is 70.7 Å². The number of hydrogen-bond acceptors (Lipinski definition) is 3. The highest BCUT2D eigenvalue weighted by Gasteiger charge is 2.09. The number of carbonyl (C=O) groups is 1. The van der Waals surface area contributed by atoms with Crippen LogP contribution >= 0.6 is 15.9 Å². The first-order valence-corrected chi connectivity index (χ1v) is 9.64. The van der Waals surface area contributed by atoms with E-state index >= 15 is 0 Å². The highest BCUT2D eigenvalue weighted by molar-refractivity contribution is 9.10. The number of fused-ring (bicyclic) bond motifs is 1. The van der Waals surface area contributed by atoms with E-state index in [0.717, 1.165) is 26.6 Å². The monoisotopic (exact) mass is 427 g/mol. The van der Waals surface area contributed by atoms with Gasteiger partial charge in [0.15, 0.2) is 6.61 Å². The fourth-order valence-corrected chi connectivity index (χ4v) is 3.33. The minimum Gasteiger partial charge on any atom is -0.491 e. The summed E-state index contributed by atoms with van der Waals surface area (Å²) >= 11 is 3.56. The molecule has 3 rings (SSSR count). The second-order valence-electron chi connectivity index (χ2n) is 6.48. The van der Waals surface area contributed by atoms with E-state index in [0.29, 0.717) is 12.3 Å². The molecular weight excluding hydrogens is 406 g/mol. The lowest BCUT2D eigenvalue weighted by molar-refractivity contribution is -0.123. The van der Waals surface area contributed by atoms with E-state index < -0.39 is 0 Å². The van der Waals surface area contributed by atoms with Crippen LogP contribution in [0.5, 0.6) is 11.5 Å². The standard InChI is InChI=1S/C22H22BrNO3/c1-15(2)27-18-8-5-6-16(12-18)13-24-21(25)14-26-20-11-10-17-7-3-4-9-19(17)22(20)23/h3-12,15H,13-14H2,1-2H3,(H,24,25). The molecule has 27 heavy (non-hydrogen) atoms. The number of amides is 1. The normalized spacial score (nSPS) is 10.8. The lowest BCUT2D eigenvalue weighted by Crippen LogP contribution is -2.28. The molecule has 3 aromatic rings. The predicted octanol–water partition coefficient (Wildman–Crippen LogP) is 5.08. The van der Waals surface area contributed by atoms with Gasteiger partial charge in [0.25, 0.3) is 5.91 Å². The van der Waals surface area contributed by atoms with Crippen molar-refractivity contribution >= 4 is 32.6 Å². The molecule has 0 unspecified atom stereocenters. The molecule has 1 N–H and O–H groups in total. The van der Waals surface area contributed by atoms with Crippen LogP contribution in [0.3, 0.4) is 0 Å². The Morgan fingerprint density at radius 1 is 1.07 bits per heavy atom. The number of carbonyl (C=O) groups excluding carboxylic acids is 1. The Bertz CT molecular complexity index is 940. The van der Waals surface area contributed by atoms with E-state index in [9.17, 15) is 4.79 Å². The maximum atomic E-state index is 12.1. The molecule has 0 saturated carbocycles. The molecule has 0 aliphatic heterocycles. The van der Waals surface area contributed by atoms with Crippen molar-refractivity contribution in [3.8, 4) is 11.5 Å². The van der Waals surface area contributed by atoms with Gasteiger partial charge in [0, 0.05) is 6.54 Å². The lowest BCUT2D eigenvalue weighted by Gasteiger charge is -2.12. The highest BCUT2D eigenvalue weighted by atomic mass is 79.9. The Morgan fingerprint density at radius 3 is 2.70 bits per heavy atom. The highest BCUT2D eigenvalue weighted by Crippen LogP contribution is 2.32. The lowest BCUT2D eigenvalue weighted by atomic mass is 10.1. The average Bonchev–Trinajstić information content (AvgIpc) is 2.66. The molecule has 0 spiro atoms. The van der Waals surface area contributed by atoms with E-state index in [1.807, 2.05) is 74.5 Å². The fraction of sp³-hybridized carbons (Fsp3) is 0.227. The van der Waals surface area contributed by atoms with Crippen LogP contribution in [0.25, 0.3) is 10.8 Å². The van der Waals surface area contributed by atoms with Crippen LogP contribution < -0.4 is 14.8 Å². The Kier molecular flexibility index (Phi) is 6.35. The van der Waals surface area contributed by atoms with E-state index in [2.05, 4.69) is 21.2 Å². The molecule has 0 atom stereocenters. The summed E-state index contributed by atoms with van der Waals surface area (Å²) in [4.78, 5) is 12.1. The van der Waals surface area contributed by atoms with Crippen LogP contribution in [0.15, 0.2) is 65.1 Å². The van der Waals surface area contributed by atoms with Gasteiger partial charge in [-0.25, -0.2) is 0 Å². The maximum absolute atomic E-state index is 12.1. The molecule has 0 fully saturated rings. The van der Waals surface area contributed by atoms with Crippen LogP contribution in [0.1, 0.15) is 19.4 Å². The van der Waals surface area contributed by atoms with Gasteiger partial charge in [-0.3, -0.25) is 4.79 Å². The zero-order valence-corrected chi connectivity index (χ0v) is 17.0. The Balaban J connectivity index is 1.55. The summed E-state index contributed by atoms with van der Waals surface area (Å²) in [6.07, 6.45) is 0.114. The van der Waals surface area contributed by atoms with Gasteiger partial charge in [-0.2, -0.15) is 0 Å². The molecule has 0 aliphatic carbocycles. The van der Waals surface area contributed by atoms with E-state index in [1.165, 1.54) is 0 Å². The largest absolute Gasteiger partial charge is 0.491 e. The molecule has 0 aromatic heterocycles. The molecule has 140 valence electrons. The van der Waals surface area contributed by atoms with Gasteiger partial charge in [0.1, 0.15) is 11.5 Å². The SMILES string of the molecule is CC(C)Oc1cccc(CNC(=O)COc2ccc3ccccc3c2Br)c1. The van der Waals surface area contributed by atoms with Crippen LogP contribution in [0, 0.1) is 0 Å². The molecule has 0 bridgehead atoms. The Labute approximate surface area is 167 Å². The van der Waals surface area contributed by atoms with Crippen LogP contribution in [-0.2, 0) is 11.3 Å². The maximum Gasteiger partial charge on any atom is 0.258 e. The first-order chi connectivity index (χ1) is 13.0. The van der Waals surface area contributed by atoms with Crippen molar-refractivity contribution in [1.82, 2.24) is 5.32 Å². The minimum absolute atomic E-state index is 0.0425. The van der Waals surface area contributed by atoms with E-state index in [4.69, 9.17) is 9.47 Å². The summed E-state index contributed by atoms with van der Waals surface area (Å²) in [5.74, 6) is 1.27. The third-order valence-electron chi connectivity index (χ3n) is 3.95. The summed E-state index contributed by atoms with van der Waals surface area (Å²) in [7, 11) is 0. The summed E-state index contributed by atoms with van der Waals surface area (Å²) in [6.45, 7) is 4.35. The molecule has 4 nitrogen and oxygen atoms in total. The van der Waals surface area contributed by atoms with E-state index in [1.54, 1.807) is 0 Å². The first kappa shape index (κ1) is 19.2. The summed E-state index contributed by atoms with van der Waals surface area (Å²) in [6, 6.07) is 19.6. The van der Waals surface area contributed by atoms with Crippen molar-refractivity contribution in [2.45, 2.75) is 26.5 Å². The first-order valence-electron chi connectivity index (χ1n) is 8.85. The quantitative estimate of drug-likeness (QED) is 0.571. The average molecular weight is 428 g/mol. The van der Waals surface area contributed by atoms with Gasteiger partial charge in [-0.1, -0.05) is 42.5 Å². The molecule has 0 radical (unpaired) electrons. The number of hydrogen-bond donors (Lipinski definition) is 1.